The van der Waals surface area contributed by atoms with Crippen LogP contribution in [0.5, 0.6) is 0 Å². The summed E-state index contributed by atoms with van der Waals surface area (Å²) >= 11 is 1.73. The Morgan fingerprint density at radius 1 is 0.583 bits per heavy atom. The average Bonchev–Trinajstić information content (AvgIpc) is 3.10. The summed E-state index contributed by atoms with van der Waals surface area (Å²) in [4.78, 5) is 0. The first kappa shape index (κ1) is 36.5. The second-order valence-corrected chi connectivity index (χ2v) is 18.8. The normalized spacial score (nSPS) is 22.0. The van der Waals surface area contributed by atoms with Gasteiger partial charge >= 0.3 is 0 Å². The number of ether oxygens (including phenoxy) is 5. The molecule has 0 spiro atoms. The predicted molar refractivity (Wildman–Crippen MR) is 196 cm³/mol. The molecule has 6 nitrogen and oxygen atoms in total. The zero-order chi connectivity index (χ0) is 33.6. The van der Waals surface area contributed by atoms with Gasteiger partial charge in [0.15, 0.2) is 8.32 Å². The summed E-state index contributed by atoms with van der Waals surface area (Å²) in [5.74, 6) is 0.855. The topological polar surface area (TPSA) is 55.4 Å². The lowest BCUT2D eigenvalue weighted by atomic mass is 9.95. The fourth-order valence-electron chi connectivity index (χ4n) is 5.81. The molecular formula is C40H50O6SSi. The van der Waals surface area contributed by atoms with Crippen molar-refractivity contribution in [1.82, 2.24) is 0 Å². The van der Waals surface area contributed by atoms with Crippen LogP contribution in [0.3, 0.4) is 0 Å². The summed E-state index contributed by atoms with van der Waals surface area (Å²) < 4.78 is 40.9. The van der Waals surface area contributed by atoms with Gasteiger partial charge in [-0.25, -0.2) is 0 Å². The van der Waals surface area contributed by atoms with Crippen LogP contribution >= 0.6 is 11.8 Å². The molecule has 1 aliphatic heterocycles. The van der Waals surface area contributed by atoms with Gasteiger partial charge in [-0.2, -0.15) is 0 Å². The number of benzene rings is 4. The van der Waals surface area contributed by atoms with Crippen molar-refractivity contribution in [3.8, 4) is 0 Å². The van der Waals surface area contributed by atoms with Gasteiger partial charge in [-0.05, 0) is 47.6 Å². The van der Waals surface area contributed by atoms with Crippen LogP contribution in [-0.2, 0) is 54.5 Å². The summed E-state index contributed by atoms with van der Waals surface area (Å²) in [6.45, 7) is 10.9. The van der Waals surface area contributed by atoms with Crippen molar-refractivity contribution in [2.24, 2.45) is 0 Å². The quantitative estimate of drug-likeness (QED) is 0.0972. The molecule has 1 fully saturated rings. The third-order valence-electron chi connectivity index (χ3n) is 7.98. The number of hydrogen-bond acceptors (Lipinski definition) is 7. The van der Waals surface area contributed by atoms with Gasteiger partial charge < -0.3 is 28.1 Å². The summed E-state index contributed by atoms with van der Waals surface area (Å²) in [7, 11) is -2.05. The number of rotatable bonds is 18. The van der Waals surface area contributed by atoms with Crippen molar-refractivity contribution < 1.29 is 28.1 Å². The SMILES string of the molecule is CCS[C@H]1O[C@H]([C@@H](COCc2ccccc2)O[Si](C)(C)C)[C@@H](OCc2ccccc2)[C@H](OCc2ccccc2)[C@@H]1OCc1ccccc1. The van der Waals surface area contributed by atoms with Crippen LogP contribution in [0.2, 0.25) is 19.6 Å². The largest absolute Gasteiger partial charge is 0.410 e. The highest BCUT2D eigenvalue weighted by Crippen LogP contribution is 2.37. The van der Waals surface area contributed by atoms with Gasteiger partial charge in [0.05, 0.1) is 39.1 Å². The van der Waals surface area contributed by atoms with Crippen LogP contribution in [0, 0.1) is 0 Å². The van der Waals surface area contributed by atoms with Gasteiger partial charge in [0, 0.05) is 0 Å². The van der Waals surface area contributed by atoms with Gasteiger partial charge in [0.1, 0.15) is 29.9 Å². The molecule has 0 unspecified atom stereocenters. The molecule has 0 N–H and O–H groups in total. The maximum atomic E-state index is 7.07. The zero-order valence-electron chi connectivity index (χ0n) is 28.6. The molecule has 0 amide bonds. The Hall–Kier alpha value is -2.79. The minimum absolute atomic E-state index is 0.303. The molecule has 0 aliphatic carbocycles. The van der Waals surface area contributed by atoms with E-state index in [0.717, 1.165) is 28.0 Å². The first-order valence-electron chi connectivity index (χ1n) is 16.9. The van der Waals surface area contributed by atoms with Gasteiger partial charge in [0.2, 0.25) is 0 Å². The maximum absolute atomic E-state index is 7.07. The van der Waals surface area contributed by atoms with Gasteiger partial charge in [-0.1, -0.05) is 128 Å². The molecule has 8 heteroatoms. The van der Waals surface area contributed by atoms with E-state index >= 15 is 0 Å². The molecule has 1 saturated heterocycles. The van der Waals surface area contributed by atoms with E-state index in [1.165, 1.54) is 0 Å². The molecule has 4 aromatic carbocycles. The monoisotopic (exact) mass is 686 g/mol. The molecule has 0 aromatic heterocycles. The van der Waals surface area contributed by atoms with E-state index in [1.807, 2.05) is 72.8 Å². The number of thioether (sulfide) groups is 1. The molecule has 4 aromatic rings. The molecule has 1 heterocycles. The van der Waals surface area contributed by atoms with Gasteiger partial charge in [-0.15, -0.1) is 11.8 Å². The van der Waals surface area contributed by atoms with Gasteiger partial charge in [-0.3, -0.25) is 0 Å². The minimum Gasteiger partial charge on any atom is -0.410 e. The van der Waals surface area contributed by atoms with Crippen molar-refractivity contribution in [3.05, 3.63) is 144 Å². The third-order valence-corrected chi connectivity index (χ3v) is 10.0. The molecule has 1 aliphatic rings. The fourth-order valence-corrected chi connectivity index (χ4v) is 7.88. The van der Waals surface area contributed by atoms with E-state index < -0.39 is 32.7 Å². The Balaban J connectivity index is 1.49. The average molecular weight is 687 g/mol. The van der Waals surface area contributed by atoms with E-state index in [-0.39, 0.29) is 11.5 Å². The highest BCUT2D eigenvalue weighted by molar-refractivity contribution is 7.99. The van der Waals surface area contributed by atoms with Crippen molar-refractivity contribution >= 4 is 20.1 Å². The lowest BCUT2D eigenvalue weighted by molar-refractivity contribution is -0.264. The molecule has 0 saturated carbocycles. The Morgan fingerprint density at radius 3 is 1.44 bits per heavy atom. The lowest BCUT2D eigenvalue weighted by Crippen LogP contribution is -2.63. The summed E-state index contributed by atoms with van der Waals surface area (Å²) in [5.41, 5.74) is 4.07. The third kappa shape index (κ3) is 11.4. The summed E-state index contributed by atoms with van der Waals surface area (Å²) in [6.07, 6.45) is -2.17. The second kappa shape index (κ2) is 18.8. The predicted octanol–water partition coefficient (Wildman–Crippen LogP) is 8.66. The molecule has 5 rings (SSSR count). The zero-order valence-corrected chi connectivity index (χ0v) is 30.4. The van der Waals surface area contributed by atoms with Crippen LogP contribution in [0.15, 0.2) is 121 Å². The molecule has 0 bridgehead atoms. The Bertz CT molecular complexity index is 1440. The van der Waals surface area contributed by atoms with Gasteiger partial charge in [0.25, 0.3) is 0 Å². The smallest absolute Gasteiger partial charge is 0.184 e. The van der Waals surface area contributed by atoms with Crippen molar-refractivity contribution in [1.29, 1.82) is 0 Å². The highest BCUT2D eigenvalue weighted by Gasteiger charge is 2.51. The van der Waals surface area contributed by atoms with Crippen LogP contribution in [0.25, 0.3) is 0 Å². The first-order valence-corrected chi connectivity index (χ1v) is 21.4. The Labute approximate surface area is 292 Å². The van der Waals surface area contributed by atoms with E-state index in [1.54, 1.807) is 11.8 Å². The minimum atomic E-state index is -2.05. The van der Waals surface area contributed by atoms with Crippen LogP contribution in [-0.4, -0.2) is 56.6 Å². The number of hydrogen-bond donors (Lipinski definition) is 0. The van der Waals surface area contributed by atoms with Crippen LogP contribution < -0.4 is 0 Å². The summed E-state index contributed by atoms with van der Waals surface area (Å²) in [5, 5.41) is 0. The lowest BCUT2D eigenvalue weighted by Gasteiger charge is -2.48. The molecule has 256 valence electrons. The van der Waals surface area contributed by atoms with Crippen LogP contribution in [0.1, 0.15) is 29.2 Å². The van der Waals surface area contributed by atoms with E-state index in [0.29, 0.717) is 33.0 Å². The molecule has 0 radical (unpaired) electrons. The van der Waals surface area contributed by atoms with Crippen LogP contribution in [0.4, 0.5) is 0 Å². The van der Waals surface area contributed by atoms with Crippen molar-refractivity contribution in [2.75, 3.05) is 12.4 Å². The van der Waals surface area contributed by atoms with E-state index in [9.17, 15) is 0 Å². The van der Waals surface area contributed by atoms with E-state index in [2.05, 4.69) is 75.1 Å². The Morgan fingerprint density at radius 2 is 1.00 bits per heavy atom. The standard InChI is InChI=1S/C40H50O6SSi/c1-5-47-40-39(44-29-34-24-16-9-17-25-34)38(43-28-33-22-14-8-15-23-33)37(42-27-32-20-12-7-13-21-32)36(45-40)35(46-48(2,3)4)30-41-26-31-18-10-6-11-19-31/h6-25,35-40H,5,26-30H2,1-4H3/t35-,36-,37-,38+,39+,40-/m1/s1. The first-order chi connectivity index (χ1) is 23.4. The fraction of sp³-hybridized carbons (Fsp3) is 0.400. The highest BCUT2D eigenvalue weighted by atomic mass is 32.2. The molecular weight excluding hydrogens is 637 g/mol. The summed E-state index contributed by atoms with van der Waals surface area (Å²) in [6, 6.07) is 41.0. The van der Waals surface area contributed by atoms with Crippen molar-refractivity contribution in [2.45, 2.75) is 88.9 Å². The second-order valence-electron chi connectivity index (χ2n) is 13.0. The molecule has 48 heavy (non-hydrogen) atoms. The van der Waals surface area contributed by atoms with E-state index in [4.69, 9.17) is 28.1 Å². The maximum Gasteiger partial charge on any atom is 0.184 e. The Kier molecular flexibility index (Phi) is 14.3. The molecule has 6 atom stereocenters. The van der Waals surface area contributed by atoms with Crippen molar-refractivity contribution in [3.63, 3.8) is 0 Å².